The van der Waals surface area contributed by atoms with Crippen molar-refractivity contribution < 1.29 is 58.0 Å². The molecule has 3 aromatic heterocycles. The van der Waals surface area contributed by atoms with Gasteiger partial charge in [-0.3, -0.25) is 23.2 Å². The number of thioether (sulfide) groups is 1. The first kappa shape index (κ1) is 58.9. The van der Waals surface area contributed by atoms with Gasteiger partial charge in [0.25, 0.3) is 30.4 Å². The zero-order valence-electron chi connectivity index (χ0n) is 43.8. The summed E-state index contributed by atoms with van der Waals surface area (Å²) in [4.78, 5) is 43.6. The topological polar surface area (TPSA) is 334 Å². The van der Waals surface area contributed by atoms with Gasteiger partial charge in [0.05, 0.1) is 52.5 Å². The summed E-state index contributed by atoms with van der Waals surface area (Å²) in [6.07, 6.45) is 0.656. The number of ether oxygens (including phenoxy) is 2. The standard InChI is InChI=1S/C47H59N11O13S6/c1-11-57(12-2)31-17-27(29(19-35(31)70-9)53-55-41-39(76(64,65)66)25-21-46(5,6)23-33(59)37(25)73-41)48-43-50-44(52-45(51-43)72-15-16-75(61,62)63)49-28-18-32(58(13-3)14-4)36(71-10)20-30(28)54-56-42-40(77(67,68)69)26-22-47(7,8)24-34(60)38(26)74-42/h17-20H,11-16,21-24H2,1-10H3,(H,61,62,63)(H,64,65,66)(H,67,68,69)(H2,48,49,50,51,52)/b55-53+,56-54+. The number of Topliss-reactive ketones (excluding diaryl/α,β-unsaturated/α-hetero) is 2. The number of hydrogen-bond donors (Lipinski definition) is 5. The number of anilines is 6. The molecule has 0 spiro atoms. The monoisotopic (exact) mass is 1180 g/mol. The maximum atomic E-state index is 13.3. The van der Waals surface area contributed by atoms with E-state index in [1.165, 1.54) is 26.4 Å². The third-order valence-electron chi connectivity index (χ3n) is 12.5. The second-order valence-corrected chi connectivity index (χ2v) is 26.7. The van der Waals surface area contributed by atoms with Gasteiger partial charge < -0.3 is 29.9 Å². The molecule has 5 N–H and O–H groups in total. The number of methoxy groups -OCH3 is 2. The van der Waals surface area contributed by atoms with Crippen molar-refractivity contribution in [3.8, 4) is 11.5 Å². The fraction of sp³-hybridized carbons (Fsp3) is 0.468. The Morgan fingerprint density at radius 1 is 0.623 bits per heavy atom. The van der Waals surface area contributed by atoms with Crippen molar-refractivity contribution in [1.29, 1.82) is 0 Å². The zero-order chi connectivity index (χ0) is 56.6. The summed E-state index contributed by atoms with van der Waals surface area (Å²) in [6.45, 7) is 17.1. The quantitative estimate of drug-likeness (QED) is 0.0244. The molecular weight excluding hydrogens is 1120 g/mol. The van der Waals surface area contributed by atoms with E-state index in [0.717, 1.165) is 34.4 Å². The van der Waals surface area contributed by atoms with Gasteiger partial charge in [0, 0.05) is 56.9 Å². The predicted molar refractivity (Wildman–Crippen MR) is 296 cm³/mol. The van der Waals surface area contributed by atoms with Gasteiger partial charge in [0.15, 0.2) is 26.7 Å². The van der Waals surface area contributed by atoms with Crippen LogP contribution in [0, 0.1) is 10.8 Å². The molecule has 0 fully saturated rings. The van der Waals surface area contributed by atoms with Gasteiger partial charge in [-0.2, -0.15) is 40.2 Å². The lowest BCUT2D eigenvalue weighted by Gasteiger charge is -2.28. The van der Waals surface area contributed by atoms with E-state index in [2.05, 4.69) is 46.0 Å². The first-order chi connectivity index (χ1) is 36.0. The highest BCUT2D eigenvalue weighted by atomic mass is 32.2. The molecule has 5 aromatic rings. The molecular formula is C47H59N11O13S6. The molecule has 0 amide bonds. The molecule has 0 saturated heterocycles. The van der Waals surface area contributed by atoms with E-state index in [1.54, 1.807) is 12.1 Å². The molecule has 7 rings (SSSR count). The van der Waals surface area contributed by atoms with E-state index in [0.29, 0.717) is 49.1 Å². The Morgan fingerprint density at radius 2 is 1.01 bits per heavy atom. The summed E-state index contributed by atoms with van der Waals surface area (Å²) < 4.78 is 118. The van der Waals surface area contributed by atoms with E-state index < -0.39 is 56.7 Å². The van der Waals surface area contributed by atoms with Gasteiger partial charge in [-0.25, -0.2) is 0 Å². The lowest BCUT2D eigenvalue weighted by molar-refractivity contribution is 0.0907. The number of benzene rings is 2. The van der Waals surface area contributed by atoms with E-state index >= 15 is 0 Å². The highest BCUT2D eigenvalue weighted by Crippen LogP contribution is 2.50. The Bertz CT molecular complexity index is 3330. The number of thiophene rings is 2. The maximum Gasteiger partial charge on any atom is 0.297 e. The van der Waals surface area contributed by atoms with Gasteiger partial charge in [-0.15, -0.1) is 43.1 Å². The number of ketones is 2. The highest BCUT2D eigenvalue weighted by molar-refractivity contribution is 8.00. The molecule has 77 heavy (non-hydrogen) atoms. The van der Waals surface area contributed by atoms with Gasteiger partial charge in [-0.1, -0.05) is 39.5 Å². The minimum Gasteiger partial charge on any atom is -0.494 e. The van der Waals surface area contributed by atoms with Crippen molar-refractivity contribution in [2.45, 2.75) is 96.0 Å². The zero-order valence-corrected chi connectivity index (χ0v) is 48.7. The van der Waals surface area contributed by atoms with E-state index in [4.69, 9.17) is 9.47 Å². The number of nitrogens with one attached hydrogen (secondary N) is 2. The summed E-state index contributed by atoms with van der Waals surface area (Å²) in [5, 5.41) is 23.4. The number of nitrogens with zero attached hydrogens (tertiary/aromatic N) is 9. The first-order valence-electron chi connectivity index (χ1n) is 24.0. The fourth-order valence-electron chi connectivity index (χ4n) is 9.06. The van der Waals surface area contributed by atoms with Crippen molar-refractivity contribution in [3.05, 3.63) is 45.1 Å². The number of fused-ring (bicyclic) bond motifs is 2. The molecule has 24 nitrogen and oxygen atoms in total. The largest absolute Gasteiger partial charge is 0.494 e. The van der Waals surface area contributed by atoms with Crippen molar-refractivity contribution in [2.75, 3.05) is 72.3 Å². The van der Waals surface area contributed by atoms with Crippen molar-refractivity contribution in [2.24, 2.45) is 31.3 Å². The molecule has 2 aliphatic carbocycles. The van der Waals surface area contributed by atoms with Gasteiger partial charge in [0.2, 0.25) is 11.9 Å². The van der Waals surface area contributed by atoms with Crippen LogP contribution in [0.1, 0.15) is 98.7 Å². The Labute approximate surface area is 458 Å². The number of hydrogen-bond acceptors (Lipinski definition) is 24. The smallest absolute Gasteiger partial charge is 0.297 e. The summed E-state index contributed by atoms with van der Waals surface area (Å²) in [5.74, 6) is -1.09. The number of carbonyl (C=O) groups excluding carboxylic acids is 2. The molecule has 30 heteroatoms. The Hall–Kier alpha value is -5.73. The van der Waals surface area contributed by atoms with Crippen LogP contribution in [0.25, 0.3) is 0 Å². The number of aromatic nitrogens is 3. The van der Waals surface area contributed by atoms with Crippen LogP contribution in [-0.2, 0) is 43.2 Å². The van der Waals surface area contributed by atoms with Gasteiger partial charge in [0.1, 0.15) is 32.7 Å². The molecule has 0 unspecified atom stereocenters. The summed E-state index contributed by atoms with van der Waals surface area (Å²) in [7, 11) is -11.3. The number of azo groups is 2. The van der Waals surface area contributed by atoms with Gasteiger partial charge >= 0.3 is 0 Å². The Morgan fingerprint density at radius 3 is 1.35 bits per heavy atom. The highest BCUT2D eigenvalue weighted by Gasteiger charge is 2.40. The normalized spacial score (nSPS) is 15.4. The second-order valence-electron chi connectivity index (χ2n) is 19.4. The average Bonchev–Trinajstić information content (AvgIpc) is 3.97. The lowest BCUT2D eigenvalue weighted by Crippen LogP contribution is -2.26. The van der Waals surface area contributed by atoms with E-state index in [1.807, 2.05) is 65.2 Å². The fourth-order valence-corrected chi connectivity index (χ4v) is 15.2. The summed E-state index contributed by atoms with van der Waals surface area (Å²) >= 11 is 2.45. The Balaban J connectivity index is 1.39. The van der Waals surface area contributed by atoms with Crippen molar-refractivity contribution >= 4 is 132 Å². The minimum atomic E-state index is -4.91. The molecule has 2 aliphatic rings. The lowest BCUT2D eigenvalue weighted by atomic mass is 9.76. The number of carbonyl (C=O) groups is 2. The molecule has 0 aliphatic heterocycles. The van der Waals surface area contributed by atoms with Gasteiger partial charge in [-0.05, 0) is 74.6 Å². The van der Waals surface area contributed by atoms with Crippen LogP contribution in [0.15, 0.2) is 59.7 Å². The molecule has 0 radical (unpaired) electrons. The Kier molecular flexibility index (Phi) is 17.6. The molecule has 0 saturated carbocycles. The van der Waals surface area contributed by atoms with Crippen LogP contribution < -0.4 is 29.9 Å². The molecule has 3 heterocycles. The van der Waals surface area contributed by atoms with Crippen LogP contribution in [-0.4, -0.2) is 117 Å². The first-order valence-corrected chi connectivity index (χ1v) is 31.1. The van der Waals surface area contributed by atoms with Crippen LogP contribution >= 0.6 is 34.4 Å². The van der Waals surface area contributed by atoms with Crippen LogP contribution in [0.3, 0.4) is 0 Å². The molecule has 416 valence electrons. The summed E-state index contributed by atoms with van der Waals surface area (Å²) in [5.41, 5.74) is 0.768. The number of rotatable bonds is 22. The second kappa shape index (κ2) is 22.9. The van der Waals surface area contributed by atoms with Crippen LogP contribution in [0.5, 0.6) is 11.5 Å². The summed E-state index contributed by atoms with van der Waals surface area (Å²) in [6, 6.07) is 6.42. The molecule has 2 aromatic carbocycles. The van der Waals surface area contributed by atoms with Crippen molar-refractivity contribution in [3.63, 3.8) is 0 Å². The maximum absolute atomic E-state index is 13.3. The van der Waals surface area contributed by atoms with Crippen LogP contribution in [0.2, 0.25) is 0 Å². The SMILES string of the molecule is CCN(CC)c1cc(Nc2nc(Nc3cc(N(CC)CC)c(OC)cc3/N=N/c3sc4c(c3S(=O)(=O)O)CC(C)(C)CC4=O)nc(SCCS(=O)(=O)O)n2)c(/N=N/c2sc3c(c2S(=O)(=O)O)CC(C)(C)CC3=O)cc1OC. The third-order valence-corrected chi connectivity index (χ3v) is 18.8. The average molecular weight is 1180 g/mol. The minimum absolute atomic E-state index is 0.0425. The third kappa shape index (κ3) is 13.6. The van der Waals surface area contributed by atoms with Crippen molar-refractivity contribution in [1.82, 2.24) is 15.0 Å². The van der Waals surface area contributed by atoms with E-state index in [9.17, 15) is 48.5 Å². The van der Waals surface area contributed by atoms with E-state index in [-0.39, 0.29) is 114 Å². The molecule has 0 bridgehead atoms. The predicted octanol–water partition coefficient (Wildman–Crippen LogP) is 10.8. The van der Waals surface area contributed by atoms with Crippen LogP contribution in [0.4, 0.5) is 56.0 Å². The molecule has 0 atom stereocenters.